The lowest BCUT2D eigenvalue weighted by molar-refractivity contribution is -0.130. The summed E-state index contributed by atoms with van der Waals surface area (Å²) in [7, 11) is 0. The Labute approximate surface area is 109 Å². The van der Waals surface area contributed by atoms with Crippen LogP contribution in [0.3, 0.4) is 0 Å². The molecular weight excluding hydrogens is 230 g/mol. The maximum atomic E-state index is 11.9. The van der Waals surface area contributed by atoms with Crippen LogP contribution in [0.5, 0.6) is 0 Å². The number of amides is 2. The maximum absolute atomic E-state index is 11.9. The second-order valence-electron chi connectivity index (χ2n) is 5.57. The molecule has 0 saturated heterocycles. The lowest BCUT2D eigenvalue weighted by Crippen LogP contribution is -2.49. The van der Waals surface area contributed by atoms with Crippen molar-refractivity contribution >= 4 is 11.8 Å². The van der Waals surface area contributed by atoms with E-state index in [-0.39, 0.29) is 23.8 Å². The third-order valence-electron chi connectivity index (χ3n) is 3.34. The molecule has 104 valence electrons. The summed E-state index contributed by atoms with van der Waals surface area (Å²) in [5, 5.41) is 5.55. The molecule has 1 rings (SSSR count). The van der Waals surface area contributed by atoms with Crippen molar-refractivity contribution < 1.29 is 9.59 Å². The molecule has 0 bridgehead atoms. The molecule has 0 aliphatic heterocycles. The first-order valence-corrected chi connectivity index (χ1v) is 6.75. The number of nitrogens with two attached hydrogens (primary N) is 1. The molecule has 1 fully saturated rings. The second-order valence-corrected chi connectivity index (χ2v) is 5.57. The number of carbonyl (C=O) groups is 2. The van der Waals surface area contributed by atoms with Gasteiger partial charge in [-0.1, -0.05) is 20.3 Å². The zero-order valence-electron chi connectivity index (χ0n) is 11.5. The Morgan fingerprint density at radius 2 is 1.94 bits per heavy atom. The fourth-order valence-electron chi connectivity index (χ4n) is 2.16. The van der Waals surface area contributed by atoms with Gasteiger partial charge in [0.1, 0.15) is 6.04 Å². The summed E-state index contributed by atoms with van der Waals surface area (Å²) in [6.07, 6.45) is 2.71. The highest BCUT2D eigenvalue weighted by atomic mass is 16.2. The predicted molar refractivity (Wildman–Crippen MR) is 70.8 cm³/mol. The molecule has 1 saturated carbocycles. The molecule has 0 aromatic carbocycles. The molecule has 3 atom stereocenters. The number of rotatable bonds is 5. The first kappa shape index (κ1) is 15.0. The van der Waals surface area contributed by atoms with Gasteiger partial charge >= 0.3 is 0 Å². The van der Waals surface area contributed by atoms with Crippen LogP contribution in [0, 0.1) is 11.8 Å². The van der Waals surface area contributed by atoms with Crippen LogP contribution in [-0.4, -0.2) is 30.4 Å². The summed E-state index contributed by atoms with van der Waals surface area (Å²) in [5.41, 5.74) is 5.87. The van der Waals surface area contributed by atoms with Crippen molar-refractivity contribution in [1.82, 2.24) is 10.6 Å². The van der Waals surface area contributed by atoms with Crippen molar-refractivity contribution in [3.05, 3.63) is 0 Å². The van der Waals surface area contributed by atoms with Gasteiger partial charge in [-0.25, -0.2) is 0 Å². The molecule has 0 radical (unpaired) electrons. The average molecular weight is 255 g/mol. The van der Waals surface area contributed by atoms with Gasteiger partial charge in [0.15, 0.2) is 0 Å². The zero-order valence-corrected chi connectivity index (χ0v) is 11.5. The van der Waals surface area contributed by atoms with Gasteiger partial charge in [0.2, 0.25) is 11.8 Å². The van der Waals surface area contributed by atoms with Gasteiger partial charge in [-0.15, -0.1) is 0 Å². The molecule has 0 aromatic rings. The minimum atomic E-state index is -0.496. The first-order valence-electron chi connectivity index (χ1n) is 6.75. The van der Waals surface area contributed by atoms with Crippen molar-refractivity contribution in [2.45, 2.75) is 52.1 Å². The van der Waals surface area contributed by atoms with Crippen molar-refractivity contribution in [3.63, 3.8) is 0 Å². The highest BCUT2D eigenvalue weighted by molar-refractivity contribution is 5.88. The second kappa shape index (κ2) is 6.73. The van der Waals surface area contributed by atoms with E-state index in [2.05, 4.69) is 10.6 Å². The quantitative estimate of drug-likeness (QED) is 0.664. The molecule has 5 nitrogen and oxygen atoms in total. The van der Waals surface area contributed by atoms with Crippen LogP contribution in [0.15, 0.2) is 0 Å². The van der Waals surface area contributed by atoms with E-state index in [9.17, 15) is 9.59 Å². The van der Waals surface area contributed by atoms with E-state index in [0.29, 0.717) is 12.5 Å². The first-order chi connectivity index (χ1) is 8.41. The Morgan fingerprint density at radius 1 is 1.28 bits per heavy atom. The van der Waals surface area contributed by atoms with Gasteiger partial charge in [0, 0.05) is 12.6 Å². The lowest BCUT2D eigenvalue weighted by Gasteiger charge is -2.19. The fourth-order valence-corrected chi connectivity index (χ4v) is 2.16. The van der Waals surface area contributed by atoms with Crippen molar-refractivity contribution in [1.29, 1.82) is 0 Å². The molecule has 18 heavy (non-hydrogen) atoms. The molecule has 0 aromatic heterocycles. The molecule has 1 aliphatic rings. The molecule has 4 N–H and O–H groups in total. The van der Waals surface area contributed by atoms with Gasteiger partial charge in [0.25, 0.3) is 0 Å². The monoisotopic (exact) mass is 255 g/mol. The predicted octanol–water partition coefficient (Wildman–Crippen LogP) is 0.391. The lowest BCUT2D eigenvalue weighted by atomic mass is 10.0. The zero-order chi connectivity index (χ0) is 13.7. The van der Waals surface area contributed by atoms with Crippen LogP contribution < -0.4 is 16.4 Å². The van der Waals surface area contributed by atoms with Gasteiger partial charge in [0.05, 0.1) is 5.92 Å². The summed E-state index contributed by atoms with van der Waals surface area (Å²) >= 11 is 0. The van der Waals surface area contributed by atoms with Crippen molar-refractivity contribution in [3.8, 4) is 0 Å². The summed E-state index contributed by atoms with van der Waals surface area (Å²) in [6.45, 7) is 6.39. The van der Waals surface area contributed by atoms with Gasteiger partial charge < -0.3 is 16.4 Å². The fraction of sp³-hybridized carbons (Fsp3) is 0.846. The minimum absolute atomic E-state index is 0.0593. The van der Waals surface area contributed by atoms with E-state index >= 15 is 0 Å². The molecule has 1 aliphatic carbocycles. The molecule has 5 heteroatoms. The van der Waals surface area contributed by atoms with Crippen molar-refractivity contribution in [2.75, 3.05) is 6.54 Å². The Bertz CT molecular complexity index is 305. The minimum Gasteiger partial charge on any atom is -0.354 e. The largest absolute Gasteiger partial charge is 0.354 e. The summed E-state index contributed by atoms with van der Waals surface area (Å²) in [6, 6.07) is -0.556. The van der Waals surface area contributed by atoms with Crippen LogP contribution >= 0.6 is 0 Å². The summed E-state index contributed by atoms with van der Waals surface area (Å²) in [5.74, 6) is 0.0428. The number of carbonyl (C=O) groups excluding carboxylic acids is 2. The Hall–Kier alpha value is -1.10. The maximum Gasteiger partial charge on any atom is 0.242 e. The van der Waals surface area contributed by atoms with Crippen molar-refractivity contribution in [2.24, 2.45) is 17.6 Å². The highest BCUT2D eigenvalue weighted by Gasteiger charge is 2.31. The SMILES string of the molecule is CC(C)CNC(=O)C(C)NC(=O)C1CCCC1N. The Balaban J connectivity index is 2.36. The molecule has 0 heterocycles. The van der Waals surface area contributed by atoms with Gasteiger partial charge in [-0.3, -0.25) is 9.59 Å². The Morgan fingerprint density at radius 3 is 2.44 bits per heavy atom. The normalized spacial score (nSPS) is 24.9. The van der Waals surface area contributed by atoms with Crippen LogP contribution in [-0.2, 0) is 9.59 Å². The van der Waals surface area contributed by atoms with E-state index in [1.54, 1.807) is 6.92 Å². The summed E-state index contributed by atoms with van der Waals surface area (Å²) < 4.78 is 0. The van der Waals surface area contributed by atoms with Crippen LogP contribution in [0.4, 0.5) is 0 Å². The Kier molecular flexibility index (Phi) is 5.59. The number of hydrogen-bond acceptors (Lipinski definition) is 3. The van der Waals surface area contributed by atoms with Gasteiger partial charge in [-0.05, 0) is 25.7 Å². The average Bonchev–Trinajstić information content (AvgIpc) is 2.72. The van der Waals surface area contributed by atoms with Crippen LogP contribution in [0.2, 0.25) is 0 Å². The molecule has 0 spiro atoms. The van der Waals surface area contributed by atoms with E-state index < -0.39 is 6.04 Å². The van der Waals surface area contributed by atoms with Gasteiger partial charge in [-0.2, -0.15) is 0 Å². The smallest absolute Gasteiger partial charge is 0.242 e. The molecular formula is C13H25N3O2. The highest BCUT2D eigenvalue weighted by Crippen LogP contribution is 2.23. The van der Waals surface area contributed by atoms with E-state index in [1.165, 1.54) is 0 Å². The summed E-state index contributed by atoms with van der Waals surface area (Å²) in [4.78, 5) is 23.7. The topological polar surface area (TPSA) is 84.2 Å². The van der Waals surface area contributed by atoms with E-state index in [0.717, 1.165) is 19.3 Å². The molecule has 3 unspecified atom stereocenters. The third-order valence-corrected chi connectivity index (χ3v) is 3.34. The standard InChI is InChI=1S/C13H25N3O2/c1-8(2)7-15-12(17)9(3)16-13(18)10-5-4-6-11(10)14/h8-11H,4-7,14H2,1-3H3,(H,15,17)(H,16,18). The van der Waals surface area contributed by atoms with Crippen LogP contribution in [0.25, 0.3) is 0 Å². The molecule has 2 amide bonds. The van der Waals surface area contributed by atoms with E-state index in [1.807, 2.05) is 13.8 Å². The van der Waals surface area contributed by atoms with Crippen LogP contribution in [0.1, 0.15) is 40.0 Å². The number of hydrogen-bond donors (Lipinski definition) is 3. The number of nitrogens with one attached hydrogen (secondary N) is 2. The third kappa shape index (κ3) is 4.29. The van der Waals surface area contributed by atoms with E-state index in [4.69, 9.17) is 5.73 Å².